The summed E-state index contributed by atoms with van der Waals surface area (Å²) in [6.45, 7) is 5.00. The van der Waals surface area contributed by atoms with Crippen LogP contribution < -0.4 is 11.1 Å². The van der Waals surface area contributed by atoms with Crippen molar-refractivity contribution < 1.29 is 0 Å². The predicted molar refractivity (Wildman–Crippen MR) is 85.1 cm³/mol. The van der Waals surface area contributed by atoms with Gasteiger partial charge in [0.25, 0.3) is 0 Å². The molecule has 3 N–H and O–H groups in total. The molecule has 0 aliphatic heterocycles. The molecular formula is C13H17Cl2N3S. The van der Waals surface area contributed by atoms with Crippen LogP contribution in [0, 0.1) is 0 Å². The Morgan fingerprint density at radius 1 is 1.42 bits per heavy atom. The zero-order valence-electron chi connectivity index (χ0n) is 10.8. The van der Waals surface area contributed by atoms with Crippen LogP contribution in [0.2, 0.25) is 5.02 Å². The van der Waals surface area contributed by atoms with Gasteiger partial charge in [0.15, 0.2) is 5.13 Å². The molecule has 0 spiro atoms. The molecule has 3 nitrogen and oxygen atoms in total. The van der Waals surface area contributed by atoms with Crippen LogP contribution >= 0.6 is 35.3 Å². The fourth-order valence-corrected chi connectivity index (χ4v) is 2.51. The highest BCUT2D eigenvalue weighted by Gasteiger charge is 2.20. The van der Waals surface area contributed by atoms with Gasteiger partial charge in [-0.05, 0) is 31.5 Å². The van der Waals surface area contributed by atoms with Crippen molar-refractivity contribution in [1.82, 2.24) is 10.3 Å². The molecule has 0 fully saturated rings. The molecule has 0 amide bonds. The summed E-state index contributed by atoms with van der Waals surface area (Å²) >= 11 is 7.52. The third-order valence-electron chi connectivity index (χ3n) is 2.82. The molecule has 0 aliphatic rings. The van der Waals surface area contributed by atoms with Crippen LogP contribution in [0.25, 0.3) is 0 Å². The van der Waals surface area contributed by atoms with E-state index in [1.165, 1.54) is 11.3 Å². The third kappa shape index (κ3) is 4.35. The number of nitrogens with one attached hydrogen (secondary N) is 1. The molecule has 0 atom stereocenters. The van der Waals surface area contributed by atoms with Crippen molar-refractivity contribution in [1.29, 1.82) is 0 Å². The van der Waals surface area contributed by atoms with Gasteiger partial charge in [0.2, 0.25) is 0 Å². The minimum atomic E-state index is -0.149. The molecule has 19 heavy (non-hydrogen) atoms. The summed E-state index contributed by atoms with van der Waals surface area (Å²) < 4.78 is 0. The highest BCUT2D eigenvalue weighted by atomic mass is 35.5. The van der Waals surface area contributed by atoms with Gasteiger partial charge in [-0.2, -0.15) is 0 Å². The minimum absolute atomic E-state index is 0. The first-order valence-corrected chi connectivity index (χ1v) is 6.88. The van der Waals surface area contributed by atoms with Crippen LogP contribution in [-0.4, -0.2) is 4.98 Å². The molecule has 0 saturated carbocycles. The number of aromatic nitrogens is 1. The first-order valence-electron chi connectivity index (χ1n) is 5.68. The van der Waals surface area contributed by atoms with Gasteiger partial charge < -0.3 is 11.1 Å². The normalized spacial score (nSPS) is 11.1. The number of thiazole rings is 1. The zero-order chi connectivity index (χ0) is 13.2. The van der Waals surface area contributed by atoms with E-state index in [0.717, 1.165) is 22.0 Å². The van der Waals surface area contributed by atoms with Gasteiger partial charge in [-0.25, -0.2) is 4.98 Å². The van der Waals surface area contributed by atoms with E-state index in [9.17, 15) is 0 Å². The smallest absolute Gasteiger partial charge is 0.180 e. The number of nitrogens with two attached hydrogens (primary N) is 1. The molecule has 0 radical (unpaired) electrons. The Labute approximate surface area is 128 Å². The van der Waals surface area contributed by atoms with Crippen molar-refractivity contribution >= 4 is 40.5 Å². The molecule has 0 bridgehead atoms. The highest BCUT2D eigenvalue weighted by Crippen LogP contribution is 2.24. The number of rotatable bonds is 4. The highest BCUT2D eigenvalue weighted by molar-refractivity contribution is 7.15. The fraction of sp³-hybridized carbons (Fsp3) is 0.308. The third-order valence-corrected chi connectivity index (χ3v) is 3.88. The molecule has 2 aromatic rings. The number of hydrogen-bond acceptors (Lipinski definition) is 4. The molecule has 0 unspecified atom stereocenters. The summed E-state index contributed by atoms with van der Waals surface area (Å²) in [5, 5.41) is 4.85. The minimum Gasteiger partial charge on any atom is -0.375 e. The Morgan fingerprint density at radius 3 is 2.74 bits per heavy atom. The molecule has 0 aliphatic carbocycles. The van der Waals surface area contributed by atoms with Gasteiger partial charge in [-0.15, -0.1) is 23.7 Å². The molecule has 6 heteroatoms. The average molecular weight is 318 g/mol. The molecule has 1 aromatic heterocycles. The lowest BCUT2D eigenvalue weighted by Crippen LogP contribution is -2.35. The van der Waals surface area contributed by atoms with Gasteiger partial charge in [-0.3, -0.25) is 0 Å². The maximum absolute atomic E-state index is 6.02. The second-order valence-electron chi connectivity index (χ2n) is 4.65. The van der Waals surface area contributed by atoms with E-state index >= 15 is 0 Å². The van der Waals surface area contributed by atoms with Crippen molar-refractivity contribution in [3.05, 3.63) is 45.9 Å². The van der Waals surface area contributed by atoms with E-state index in [0.29, 0.717) is 5.13 Å². The first kappa shape index (κ1) is 16.2. The van der Waals surface area contributed by atoms with Crippen molar-refractivity contribution in [2.24, 2.45) is 0 Å². The number of halogens is 2. The molecular weight excluding hydrogens is 301 g/mol. The van der Waals surface area contributed by atoms with Crippen molar-refractivity contribution in [2.45, 2.75) is 25.9 Å². The van der Waals surface area contributed by atoms with Crippen LogP contribution in [0.5, 0.6) is 0 Å². The summed E-state index contributed by atoms with van der Waals surface area (Å²) in [4.78, 5) is 5.17. The summed E-state index contributed by atoms with van der Waals surface area (Å²) in [7, 11) is 0. The number of nitrogen functional groups attached to an aromatic ring is 1. The summed E-state index contributed by atoms with van der Waals surface area (Å²) in [6.07, 6.45) is 1.81. The van der Waals surface area contributed by atoms with E-state index < -0.39 is 0 Å². The second kappa shape index (κ2) is 6.57. The topological polar surface area (TPSA) is 50.9 Å². The second-order valence-corrected chi connectivity index (χ2v) is 6.24. The lowest BCUT2D eigenvalue weighted by molar-refractivity contribution is 0.403. The SMILES string of the molecule is CC(C)(NCc1cnc(N)s1)c1cccc(Cl)c1.Cl. The predicted octanol–water partition coefficient (Wildman–Crippen LogP) is 3.83. The maximum atomic E-state index is 6.02. The van der Waals surface area contributed by atoms with Crippen LogP contribution in [0.15, 0.2) is 30.5 Å². The van der Waals surface area contributed by atoms with Crippen molar-refractivity contribution in [2.75, 3.05) is 5.73 Å². The Bertz CT molecular complexity index is 540. The lowest BCUT2D eigenvalue weighted by atomic mass is 9.94. The molecule has 1 aromatic carbocycles. The van der Waals surface area contributed by atoms with E-state index in [1.807, 2.05) is 18.2 Å². The zero-order valence-corrected chi connectivity index (χ0v) is 13.2. The Kier molecular flexibility index (Phi) is 5.62. The molecule has 104 valence electrons. The summed E-state index contributed by atoms with van der Waals surface area (Å²) in [5.41, 5.74) is 6.62. The van der Waals surface area contributed by atoms with E-state index in [-0.39, 0.29) is 17.9 Å². The largest absolute Gasteiger partial charge is 0.375 e. The summed E-state index contributed by atoms with van der Waals surface area (Å²) in [5.74, 6) is 0. The van der Waals surface area contributed by atoms with Gasteiger partial charge in [0.1, 0.15) is 0 Å². The quantitative estimate of drug-likeness (QED) is 0.901. The van der Waals surface area contributed by atoms with Crippen LogP contribution in [0.3, 0.4) is 0 Å². The Balaban J connectivity index is 0.00000180. The van der Waals surface area contributed by atoms with Crippen molar-refractivity contribution in [3.8, 4) is 0 Å². The first-order chi connectivity index (χ1) is 8.47. The van der Waals surface area contributed by atoms with Crippen LogP contribution in [0.4, 0.5) is 5.13 Å². The number of anilines is 1. The maximum Gasteiger partial charge on any atom is 0.180 e. The van der Waals surface area contributed by atoms with Gasteiger partial charge in [0.05, 0.1) is 0 Å². The van der Waals surface area contributed by atoms with E-state index in [4.69, 9.17) is 17.3 Å². The number of nitrogens with zero attached hydrogens (tertiary/aromatic N) is 1. The van der Waals surface area contributed by atoms with E-state index in [2.05, 4.69) is 30.2 Å². The van der Waals surface area contributed by atoms with Crippen LogP contribution in [-0.2, 0) is 12.1 Å². The number of benzene rings is 1. The van der Waals surface area contributed by atoms with Gasteiger partial charge in [-0.1, -0.05) is 23.7 Å². The van der Waals surface area contributed by atoms with Gasteiger partial charge >= 0.3 is 0 Å². The lowest BCUT2D eigenvalue weighted by Gasteiger charge is -2.27. The summed E-state index contributed by atoms with van der Waals surface area (Å²) in [6, 6.07) is 7.90. The number of hydrogen-bond donors (Lipinski definition) is 2. The van der Waals surface area contributed by atoms with Crippen molar-refractivity contribution in [3.63, 3.8) is 0 Å². The molecule has 1 heterocycles. The average Bonchev–Trinajstić information content (AvgIpc) is 2.73. The van der Waals surface area contributed by atoms with E-state index in [1.54, 1.807) is 6.20 Å². The molecule has 0 saturated heterocycles. The Hall–Kier alpha value is -0.810. The Morgan fingerprint density at radius 2 is 2.16 bits per heavy atom. The molecule has 2 rings (SSSR count). The monoisotopic (exact) mass is 317 g/mol. The van der Waals surface area contributed by atoms with Gasteiger partial charge in [0, 0.05) is 28.2 Å². The fourth-order valence-electron chi connectivity index (χ4n) is 1.69. The van der Waals surface area contributed by atoms with Crippen LogP contribution in [0.1, 0.15) is 24.3 Å². The standard InChI is InChI=1S/C13H16ClN3S.ClH/c1-13(2,9-4-3-5-10(14)6-9)17-8-11-7-16-12(15)18-11;/h3-7,17H,8H2,1-2H3,(H2,15,16);1H.